The second-order valence-corrected chi connectivity index (χ2v) is 5.50. The van der Waals surface area contributed by atoms with E-state index in [1.165, 1.54) is 0 Å². The molecule has 7 heteroatoms. The molecular formula is C18H32IN3O3. The minimum absolute atomic E-state index is 0. The fourth-order valence-electron chi connectivity index (χ4n) is 2.46. The summed E-state index contributed by atoms with van der Waals surface area (Å²) in [6, 6.07) is 3.69. The van der Waals surface area contributed by atoms with Gasteiger partial charge in [0.15, 0.2) is 5.96 Å². The number of halogens is 1. The molecule has 0 aromatic heterocycles. The van der Waals surface area contributed by atoms with Crippen LogP contribution in [0.25, 0.3) is 0 Å². The minimum Gasteiger partial charge on any atom is -0.496 e. The first-order valence-corrected chi connectivity index (χ1v) is 8.36. The Morgan fingerprint density at radius 2 is 1.56 bits per heavy atom. The van der Waals surface area contributed by atoms with Crippen LogP contribution in [-0.2, 0) is 6.54 Å². The Balaban J connectivity index is 0.00000576. The van der Waals surface area contributed by atoms with Crippen molar-refractivity contribution in [1.29, 1.82) is 0 Å². The summed E-state index contributed by atoms with van der Waals surface area (Å²) in [5.74, 6) is 3.54. The predicted molar refractivity (Wildman–Crippen MR) is 114 cm³/mol. The Morgan fingerprint density at radius 1 is 1.00 bits per heavy atom. The zero-order valence-corrected chi connectivity index (χ0v) is 18.5. The van der Waals surface area contributed by atoms with E-state index >= 15 is 0 Å². The molecule has 25 heavy (non-hydrogen) atoms. The summed E-state index contributed by atoms with van der Waals surface area (Å²) in [4.78, 5) is 4.28. The molecule has 0 unspecified atom stereocenters. The zero-order valence-electron chi connectivity index (χ0n) is 16.1. The first-order valence-electron chi connectivity index (χ1n) is 8.36. The van der Waals surface area contributed by atoms with Gasteiger partial charge in [-0.3, -0.25) is 4.99 Å². The zero-order chi connectivity index (χ0) is 17.9. The fraction of sp³-hybridized carbons (Fsp3) is 0.611. The molecule has 0 saturated carbocycles. The Morgan fingerprint density at radius 3 is 1.96 bits per heavy atom. The Labute approximate surface area is 168 Å². The number of ether oxygens (including phenoxy) is 3. The summed E-state index contributed by atoms with van der Waals surface area (Å²) < 4.78 is 16.2. The average Bonchev–Trinajstić information content (AvgIpc) is 2.64. The number of benzene rings is 1. The van der Waals surface area contributed by atoms with E-state index in [0.29, 0.717) is 29.7 Å². The SMILES string of the molecule is CCC(CC)CNC(=NC)NCc1c(OC)cc(OC)cc1OC.I. The van der Waals surface area contributed by atoms with Gasteiger partial charge in [-0.05, 0) is 5.92 Å². The molecule has 144 valence electrons. The average molecular weight is 465 g/mol. The maximum atomic E-state index is 5.47. The lowest BCUT2D eigenvalue weighted by Crippen LogP contribution is -2.39. The van der Waals surface area contributed by atoms with Gasteiger partial charge in [0.1, 0.15) is 17.2 Å². The number of methoxy groups -OCH3 is 3. The van der Waals surface area contributed by atoms with Crippen LogP contribution >= 0.6 is 24.0 Å². The molecule has 0 aliphatic rings. The van der Waals surface area contributed by atoms with Crippen molar-refractivity contribution in [2.24, 2.45) is 10.9 Å². The van der Waals surface area contributed by atoms with Crippen molar-refractivity contribution in [2.45, 2.75) is 33.2 Å². The number of hydrogen-bond donors (Lipinski definition) is 2. The molecule has 1 rings (SSSR count). The quantitative estimate of drug-likeness (QED) is 0.333. The second kappa shape index (κ2) is 12.9. The van der Waals surface area contributed by atoms with E-state index in [9.17, 15) is 0 Å². The molecule has 0 aliphatic carbocycles. The first-order chi connectivity index (χ1) is 11.6. The molecule has 0 aliphatic heterocycles. The van der Waals surface area contributed by atoms with Gasteiger partial charge < -0.3 is 24.8 Å². The standard InChI is InChI=1S/C18H31N3O3.HI/c1-7-13(8-2)11-20-18(19-3)21-12-15-16(23-5)9-14(22-4)10-17(15)24-6;/h9-10,13H,7-8,11-12H2,1-6H3,(H2,19,20,21);1H. The highest BCUT2D eigenvalue weighted by Gasteiger charge is 2.14. The summed E-state index contributed by atoms with van der Waals surface area (Å²) in [6.07, 6.45) is 2.31. The van der Waals surface area contributed by atoms with Gasteiger partial charge in [0.05, 0.1) is 33.4 Å². The molecule has 0 saturated heterocycles. The van der Waals surface area contributed by atoms with Crippen LogP contribution in [0.1, 0.15) is 32.3 Å². The largest absolute Gasteiger partial charge is 0.496 e. The lowest BCUT2D eigenvalue weighted by Gasteiger charge is -2.19. The summed E-state index contributed by atoms with van der Waals surface area (Å²) in [5.41, 5.74) is 0.922. The molecular weight excluding hydrogens is 433 g/mol. The lowest BCUT2D eigenvalue weighted by molar-refractivity contribution is 0.368. The van der Waals surface area contributed by atoms with Crippen LogP contribution in [0, 0.1) is 5.92 Å². The van der Waals surface area contributed by atoms with E-state index < -0.39 is 0 Å². The Kier molecular flexibility index (Phi) is 12.2. The van der Waals surface area contributed by atoms with Crippen molar-refractivity contribution in [3.8, 4) is 17.2 Å². The van der Waals surface area contributed by atoms with Gasteiger partial charge in [0, 0.05) is 25.7 Å². The third-order valence-electron chi connectivity index (χ3n) is 4.19. The van der Waals surface area contributed by atoms with Gasteiger partial charge in [-0.15, -0.1) is 24.0 Å². The van der Waals surface area contributed by atoms with Crippen LogP contribution < -0.4 is 24.8 Å². The summed E-state index contributed by atoms with van der Waals surface area (Å²) in [5, 5.41) is 6.69. The van der Waals surface area contributed by atoms with Crippen molar-refractivity contribution in [3.05, 3.63) is 17.7 Å². The minimum atomic E-state index is 0. The smallest absolute Gasteiger partial charge is 0.191 e. The molecule has 6 nitrogen and oxygen atoms in total. The third kappa shape index (κ3) is 7.17. The highest BCUT2D eigenvalue weighted by atomic mass is 127. The molecule has 2 N–H and O–H groups in total. The molecule has 0 amide bonds. The van der Waals surface area contributed by atoms with Crippen molar-refractivity contribution < 1.29 is 14.2 Å². The van der Waals surface area contributed by atoms with Crippen molar-refractivity contribution in [3.63, 3.8) is 0 Å². The third-order valence-corrected chi connectivity index (χ3v) is 4.19. The van der Waals surface area contributed by atoms with E-state index in [2.05, 4.69) is 29.5 Å². The van der Waals surface area contributed by atoms with E-state index in [1.807, 2.05) is 12.1 Å². The molecule has 0 fully saturated rings. The van der Waals surface area contributed by atoms with Gasteiger partial charge in [-0.2, -0.15) is 0 Å². The molecule has 1 aromatic rings. The molecule has 0 bridgehead atoms. The number of guanidine groups is 1. The number of hydrogen-bond acceptors (Lipinski definition) is 4. The van der Waals surface area contributed by atoms with Gasteiger partial charge in [-0.25, -0.2) is 0 Å². The van der Waals surface area contributed by atoms with Gasteiger partial charge in [0.25, 0.3) is 0 Å². The normalized spacial score (nSPS) is 10.9. The van der Waals surface area contributed by atoms with Crippen LogP contribution in [0.3, 0.4) is 0 Å². The van der Waals surface area contributed by atoms with Crippen molar-refractivity contribution in [2.75, 3.05) is 34.9 Å². The Bertz CT molecular complexity index is 509. The number of aliphatic imine (C=N–C) groups is 1. The van der Waals surface area contributed by atoms with E-state index in [4.69, 9.17) is 14.2 Å². The molecule has 0 radical (unpaired) electrons. The highest BCUT2D eigenvalue weighted by molar-refractivity contribution is 14.0. The monoisotopic (exact) mass is 465 g/mol. The maximum Gasteiger partial charge on any atom is 0.191 e. The van der Waals surface area contributed by atoms with Crippen molar-refractivity contribution >= 4 is 29.9 Å². The first kappa shape index (κ1) is 23.6. The lowest BCUT2D eigenvalue weighted by atomic mass is 10.0. The van der Waals surface area contributed by atoms with Crippen LogP contribution in [0.5, 0.6) is 17.2 Å². The van der Waals surface area contributed by atoms with Gasteiger partial charge in [-0.1, -0.05) is 26.7 Å². The summed E-state index contributed by atoms with van der Waals surface area (Å²) in [7, 11) is 6.66. The molecule has 0 atom stereocenters. The van der Waals surface area contributed by atoms with E-state index in [1.54, 1.807) is 28.4 Å². The number of rotatable bonds is 9. The Hall–Kier alpha value is -1.38. The highest BCUT2D eigenvalue weighted by Crippen LogP contribution is 2.33. The number of nitrogens with one attached hydrogen (secondary N) is 2. The second-order valence-electron chi connectivity index (χ2n) is 5.50. The van der Waals surface area contributed by atoms with Crippen LogP contribution in [0.2, 0.25) is 0 Å². The molecule has 1 aromatic carbocycles. The molecule has 0 spiro atoms. The molecule has 0 heterocycles. The summed E-state index contributed by atoms with van der Waals surface area (Å²) in [6.45, 7) is 5.86. The van der Waals surface area contributed by atoms with E-state index in [0.717, 1.165) is 30.9 Å². The van der Waals surface area contributed by atoms with Gasteiger partial charge in [0.2, 0.25) is 0 Å². The van der Waals surface area contributed by atoms with E-state index in [-0.39, 0.29) is 24.0 Å². The topological polar surface area (TPSA) is 64.1 Å². The van der Waals surface area contributed by atoms with Gasteiger partial charge >= 0.3 is 0 Å². The van der Waals surface area contributed by atoms with Crippen molar-refractivity contribution in [1.82, 2.24) is 10.6 Å². The maximum absolute atomic E-state index is 5.47. The predicted octanol–water partition coefficient (Wildman–Crippen LogP) is 3.43. The fourth-order valence-corrected chi connectivity index (χ4v) is 2.46. The van der Waals surface area contributed by atoms with Crippen LogP contribution in [-0.4, -0.2) is 40.9 Å². The van der Waals surface area contributed by atoms with Crippen LogP contribution in [0.15, 0.2) is 17.1 Å². The summed E-state index contributed by atoms with van der Waals surface area (Å²) >= 11 is 0. The number of nitrogens with zero attached hydrogens (tertiary/aromatic N) is 1. The van der Waals surface area contributed by atoms with Crippen LogP contribution in [0.4, 0.5) is 0 Å².